The molecule has 0 saturated heterocycles. The first-order chi connectivity index (χ1) is 9.60. The number of carboxylic acids is 1. The number of carboxylic acid groups (broad SMARTS) is 1. The molecule has 110 valence electrons. The molecule has 1 aromatic carbocycles. The Balaban J connectivity index is 1.76. The van der Waals surface area contributed by atoms with E-state index in [1.165, 1.54) is 31.2 Å². The highest BCUT2D eigenvalue weighted by Crippen LogP contribution is 2.38. The Bertz CT molecular complexity index is 422. The summed E-state index contributed by atoms with van der Waals surface area (Å²) in [5, 5.41) is 12.1. The number of hydrogen-bond donors (Lipinski definition) is 2. The summed E-state index contributed by atoms with van der Waals surface area (Å²) < 4.78 is 0. The summed E-state index contributed by atoms with van der Waals surface area (Å²) in [5.41, 5.74) is 1.75. The van der Waals surface area contributed by atoms with Gasteiger partial charge in [0, 0.05) is 12.5 Å². The minimum absolute atomic E-state index is 0.265. The van der Waals surface area contributed by atoms with Crippen molar-refractivity contribution in [3.8, 4) is 0 Å². The fourth-order valence-corrected chi connectivity index (χ4v) is 3.13. The molecule has 0 radical (unpaired) electrons. The molecule has 2 N–H and O–H groups in total. The van der Waals surface area contributed by atoms with Gasteiger partial charge in [-0.05, 0) is 49.6 Å². The molecule has 3 heteroatoms. The molecule has 20 heavy (non-hydrogen) atoms. The Labute approximate surface area is 121 Å². The third-order valence-electron chi connectivity index (χ3n) is 4.56. The molecule has 1 saturated carbocycles. The molecule has 0 aliphatic heterocycles. The first kappa shape index (κ1) is 15.0. The zero-order valence-electron chi connectivity index (χ0n) is 12.3. The van der Waals surface area contributed by atoms with Crippen LogP contribution in [0.3, 0.4) is 0 Å². The van der Waals surface area contributed by atoms with Gasteiger partial charge in [-0.1, -0.05) is 37.3 Å². The summed E-state index contributed by atoms with van der Waals surface area (Å²) in [4.78, 5) is 10.5. The van der Waals surface area contributed by atoms with E-state index in [4.69, 9.17) is 5.11 Å². The Morgan fingerprint density at radius 2 is 1.95 bits per heavy atom. The standard InChI is InChI=1S/C17H25NO2/c1-17(14-6-3-2-4-7-14)11-9-15(10-12-17)18-13-5-8-16(19)20/h2-4,6-7,15,18H,5,8-13H2,1H3,(H,19,20). The molecule has 1 aromatic rings. The highest BCUT2D eigenvalue weighted by Gasteiger charge is 2.32. The van der Waals surface area contributed by atoms with Crippen molar-refractivity contribution >= 4 is 5.97 Å². The van der Waals surface area contributed by atoms with E-state index in [1.54, 1.807) is 0 Å². The summed E-state index contributed by atoms with van der Waals surface area (Å²) in [7, 11) is 0. The van der Waals surface area contributed by atoms with Crippen molar-refractivity contribution in [2.75, 3.05) is 6.54 Å². The van der Waals surface area contributed by atoms with Gasteiger partial charge in [-0.3, -0.25) is 4.79 Å². The SMILES string of the molecule is CC1(c2ccccc2)CCC(NCCCC(=O)O)CC1. The van der Waals surface area contributed by atoms with Crippen LogP contribution < -0.4 is 5.32 Å². The molecule has 1 aliphatic rings. The van der Waals surface area contributed by atoms with Crippen LogP contribution in [0.15, 0.2) is 30.3 Å². The fourth-order valence-electron chi connectivity index (χ4n) is 3.13. The highest BCUT2D eigenvalue weighted by atomic mass is 16.4. The average Bonchev–Trinajstić information content (AvgIpc) is 2.46. The van der Waals surface area contributed by atoms with Crippen molar-refractivity contribution in [3.63, 3.8) is 0 Å². The van der Waals surface area contributed by atoms with Crippen molar-refractivity contribution in [1.29, 1.82) is 0 Å². The second kappa shape index (κ2) is 6.89. The zero-order chi connectivity index (χ0) is 14.4. The van der Waals surface area contributed by atoms with Crippen LogP contribution >= 0.6 is 0 Å². The van der Waals surface area contributed by atoms with E-state index >= 15 is 0 Å². The second-order valence-electron chi connectivity index (χ2n) is 6.15. The van der Waals surface area contributed by atoms with Gasteiger partial charge in [-0.15, -0.1) is 0 Å². The molecule has 2 rings (SSSR count). The molecule has 0 aromatic heterocycles. The van der Waals surface area contributed by atoms with Crippen molar-refractivity contribution in [1.82, 2.24) is 5.32 Å². The molecular weight excluding hydrogens is 250 g/mol. The van der Waals surface area contributed by atoms with E-state index in [0.29, 0.717) is 11.5 Å². The Morgan fingerprint density at radius 1 is 1.30 bits per heavy atom. The number of nitrogens with one attached hydrogen (secondary N) is 1. The molecule has 0 bridgehead atoms. The van der Waals surface area contributed by atoms with Crippen LogP contribution in [0.4, 0.5) is 0 Å². The smallest absolute Gasteiger partial charge is 0.303 e. The van der Waals surface area contributed by atoms with Gasteiger partial charge in [0.05, 0.1) is 0 Å². The Kier molecular flexibility index (Phi) is 5.18. The lowest BCUT2D eigenvalue weighted by Crippen LogP contribution is -2.38. The van der Waals surface area contributed by atoms with Crippen LogP contribution in [0, 0.1) is 0 Å². The largest absolute Gasteiger partial charge is 0.481 e. The van der Waals surface area contributed by atoms with Crippen LogP contribution in [0.1, 0.15) is 51.0 Å². The summed E-state index contributed by atoms with van der Waals surface area (Å²) in [5.74, 6) is -0.702. The molecule has 3 nitrogen and oxygen atoms in total. The Hall–Kier alpha value is -1.35. The van der Waals surface area contributed by atoms with E-state index in [9.17, 15) is 4.79 Å². The molecule has 1 fully saturated rings. The number of carbonyl (C=O) groups is 1. The van der Waals surface area contributed by atoms with Gasteiger partial charge in [-0.25, -0.2) is 0 Å². The molecule has 0 amide bonds. The van der Waals surface area contributed by atoms with E-state index in [2.05, 4.69) is 42.6 Å². The zero-order valence-corrected chi connectivity index (χ0v) is 12.3. The summed E-state index contributed by atoms with van der Waals surface area (Å²) >= 11 is 0. The molecule has 0 atom stereocenters. The lowest BCUT2D eigenvalue weighted by atomic mass is 9.69. The van der Waals surface area contributed by atoms with Gasteiger partial charge in [0.1, 0.15) is 0 Å². The normalized spacial score (nSPS) is 26.4. The van der Waals surface area contributed by atoms with Crippen LogP contribution in [0.5, 0.6) is 0 Å². The van der Waals surface area contributed by atoms with Crippen molar-refractivity contribution < 1.29 is 9.90 Å². The van der Waals surface area contributed by atoms with E-state index in [1.807, 2.05) is 0 Å². The topological polar surface area (TPSA) is 49.3 Å². The number of aliphatic carboxylic acids is 1. The van der Waals surface area contributed by atoms with Gasteiger partial charge in [0.15, 0.2) is 0 Å². The van der Waals surface area contributed by atoms with Gasteiger partial charge in [-0.2, -0.15) is 0 Å². The van der Waals surface area contributed by atoms with Crippen molar-refractivity contribution in [2.45, 2.75) is 56.9 Å². The minimum Gasteiger partial charge on any atom is -0.481 e. The monoisotopic (exact) mass is 275 g/mol. The maximum Gasteiger partial charge on any atom is 0.303 e. The van der Waals surface area contributed by atoms with Gasteiger partial charge in [0.2, 0.25) is 0 Å². The first-order valence-electron chi connectivity index (χ1n) is 7.61. The lowest BCUT2D eigenvalue weighted by molar-refractivity contribution is -0.137. The number of hydrogen-bond acceptors (Lipinski definition) is 2. The van der Waals surface area contributed by atoms with Crippen molar-refractivity contribution in [2.24, 2.45) is 0 Å². The lowest BCUT2D eigenvalue weighted by Gasteiger charge is -2.38. The molecule has 0 unspecified atom stereocenters. The van der Waals surface area contributed by atoms with Crippen molar-refractivity contribution in [3.05, 3.63) is 35.9 Å². The molecular formula is C17H25NO2. The highest BCUT2D eigenvalue weighted by molar-refractivity contribution is 5.66. The molecule has 0 heterocycles. The van der Waals surface area contributed by atoms with Gasteiger partial charge < -0.3 is 10.4 Å². The molecule has 0 spiro atoms. The third-order valence-corrected chi connectivity index (χ3v) is 4.56. The summed E-state index contributed by atoms with van der Waals surface area (Å²) in [6.07, 6.45) is 5.75. The second-order valence-corrected chi connectivity index (χ2v) is 6.15. The fraction of sp³-hybridized carbons (Fsp3) is 0.588. The van der Waals surface area contributed by atoms with E-state index in [-0.39, 0.29) is 6.42 Å². The maximum atomic E-state index is 10.5. The summed E-state index contributed by atoms with van der Waals surface area (Å²) in [6, 6.07) is 11.3. The van der Waals surface area contributed by atoms with E-state index in [0.717, 1.165) is 13.0 Å². The predicted molar refractivity (Wildman–Crippen MR) is 80.9 cm³/mol. The van der Waals surface area contributed by atoms with Crippen LogP contribution in [-0.2, 0) is 10.2 Å². The van der Waals surface area contributed by atoms with Crippen LogP contribution in [-0.4, -0.2) is 23.7 Å². The maximum absolute atomic E-state index is 10.5. The summed E-state index contributed by atoms with van der Waals surface area (Å²) in [6.45, 7) is 3.18. The van der Waals surface area contributed by atoms with Gasteiger partial charge in [0.25, 0.3) is 0 Å². The predicted octanol–water partition coefficient (Wildman–Crippen LogP) is 3.34. The molecule has 1 aliphatic carbocycles. The van der Waals surface area contributed by atoms with Crippen LogP contribution in [0.2, 0.25) is 0 Å². The first-order valence-corrected chi connectivity index (χ1v) is 7.61. The van der Waals surface area contributed by atoms with Crippen LogP contribution in [0.25, 0.3) is 0 Å². The minimum atomic E-state index is -0.702. The average molecular weight is 275 g/mol. The van der Waals surface area contributed by atoms with Gasteiger partial charge >= 0.3 is 5.97 Å². The third kappa shape index (κ3) is 4.07. The quantitative estimate of drug-likeness (QED) is 0.783. The van der Waals surface area contributed by atoms with E-state index < -0.39 is 5.97 Å². The number of rotatable bonds is 6. The Morgan fingerprint density at radius 3 is 2.55 bits per heavy atom. The number of benzene rings is 1.